The summed E-state index contributed by atoms with van der Waals surface area (Å²) in [5.74, 6) is 0.628. The third-order valence-electron chi connectivity index (χ3n) is 4.34. The molecule has 0 radical (unpaired) electrons. The van der Waals surface area contributed by atoms with E-state index in [2.05, 4.69) is 47.8 Å². The Morgan fingerprint density at radius 3 is 2.58 bits per heavy atom. The number of benzene rings is 1. The lowest BCUT2D eigenvalue weighted by atomic mass is 10.0. The van der Waals surface area contributed by atoms with Crippen LogP contribution in [0, 0.1) is 6.92 Å². The number of aryl methyl sites for hydroxylation is 1. The van der Waals surface area contributed by atoms with Gasteiger partial charge in [0.2, 0.25) is 0 Å². The molecule has 0 bridgehead atoms. The molecule has 1 aliphatic heterocycles. The fourth-order valence-electron chi connectivity index (χ4n) is 2.88. The summed E-state index contributed by atoms with van der Waals surface area (Å²) in [4.78, 5) is 12.2. The highest BCUT2D eigenvalue weighted by molar-refractivity contribution is 9.12. The van der Waals surface area contributed by atoms with Gasteiger partial charge in [-0.3, -0.25) is 4.79 Å². The minimum atomic E-state index is -1.08. The van der Waals surface area contributed by atoms with Crippen molar-refractivity contribution >= 4 is 53.6 Å². The summed E-state index contributed by atoms with van der Waals surface area (Å²) in [6.07, 6.45) is -2.81. The van der Waals surface area contributed by atoms with Crippen molar-refractivity contribution in [1.29, 1.82) is 0 Å². The van der Waals surface area contributed by atoms with Crippen molar-refractivity contribution < 1.29 is 24.2 Å². The normalized spacial score (nSPS) is 25.2. The number of rotatable bonds is 5. The number of hydrogen-bond donors (Lipinski definition) is 2. The van der Waals surface area contributed by atoms with E-state index in [9.17, 15) is 15.0 Å². The third-order valence-corrected chi connectivity index (χ3v) is 7.74. The number of ketones is 1. The molecule has 2 aromatic rings. The summed E-state index contributed by atoms with van der Waals surface area (Å²) in [5, 5.41) is 19.6. The van der Waals surface area contributed by atoms with Crippen molar-refractivity contribution in [2.24, 2.45) is 0 Å². The molecule has 2 unspecified atom stereocenters. The molecule has 0 saturated carbocycles. The molecular formula is C18H17Br3O5. The quantitative estimate of drug-likeness (QED) is 0.429. The van der Waals surface area contributed by atoms with E-state index in [1.807, 2.05) is 24.3 Å². The molecule has 5 atom stereocenters. The molecule has 0 spiro atoms. The maximum atomic E-state index is 13.0. The van der Waals surface area contributed by atoms with E-state index in [1.165, 1.54) is 0 Å². The SMILES string of the molecule is Cc1oc([C@@H]2OC[C@@H](O)[C@H]2O)cc1C(=O)C(Br)C(Br)c1ccccc1Br. The fraction of sp³-hybridized carbons (Fsp3) is 0.389. The predicted octanol–water partition coefficient (Wildman–Crippen LogP) is 4.23. The summed E-state index contributed by atoms with van der Waals surface area (Å²) in [6.45, 7) is 1.72. The minimum Gasteiger partial charge on any atom is -0.463 e. The Bertz CT molecular complexity index is 806. The summed E-state index contributed by atoms with van der Waals surface area (Å²) in [5.41, 5.74) is 1.36. The van der Waals surface area contributed by atoms with Gasteiger partial charge >= 0.3 is 0 Å². The van der Waals surface area contributed by atoms with Gasteiger partial charge in [-0.1, -0.05) is 66.0 Å². The second-order valence-electron chi connectivity index (χ2n) is 6.12. The molecule has 140 valence electrons. The van der Waals surface area contributed by atoms with Gasteiger partial charge in [0.25, 0.3) is 0 Å². The van der Waals surface area contributed by atoms with Crippen LogP contribution in [0.4, 0.5) is 0 Å². The van der Waals surface area contributed by atoms with E-state index in [1.54, 1.807) is 13.0 Å². The monoisotopic (exact) mass is 550 g/mol. The number of carbonyl (C=O) groups is 1. The van der Waals surface area contributed by atoms with Crippen molar-refractivity contribution in [2.75, 3.05) is 6.61 Å². The van der Waals surface area contributed by atoms with Gasteiger partial charge < -0.3 is 19.4 Å². The first-order chi connectivity index (χ1) is 12.3. The molecule has 26 heavy (non-hydrogen) atoms. The first-order valence-corrected chi connectivity index (χ1v) is 10.6. The van der Waals surface area contributed by atoms with Crippen LogP contribution in [0.15, 0.2) is 39.2 Å². The van der Waals surface area contributed by atoms with Crippen molar-refractivity contribution in [1.82, 2.24) is 0 Å². The molecule has 1 saturated heterocycles. The largest absolute Gasteiger partial charge is 0.463 e. The molecular weight excluding hydrogens is 536 g/mol. The van der Waals surface area contributed by atoms with Crippen LogP contribution in [0.5, 0.6) is 0 Å². The number of ether oxygens (including phenoxy) is 1. The molecule has 1 aromatic carbocycles. The van der Waals surface area contributed by atoms with Gasteiger partial charge in [-0.2, -0.15) is 0 Å². The second-order valence-corrected chi connectivity index (χ2v) is 8.95. The molecule has 1 aliphatic rings. The number of alkyl halides is 2. The summed E-state index contributed by atoms with van der Waals surface area (Å²) in [6, 6.07) is 9.25. The Morgan fingerprint density at radius 2 is 1.96 bits per heavy atom. The van der Waals surface area contributed by atoms with Crippen LogP contribution in [0.2, 0.25) is 0 Å². The molecule has 0 aliphatic carbocycles. The fourth-order valence-corrected chi connectivity index (χ4v) is 4.89. The van der Waals surface area contributed by atoms with Crippen molar-refractivity contribution in [3.8, 4) is 0 Å². The highest BCUT2D eigenvalue weighted by atomic mass is 79.9. The predicted molar refractivity (Wildman–Crippen MR) is 107 cm³/mol. The highest BCUT2D eigenvalue weighted by Crippen LogP contribution is 2.38. The Kier molecular flexibility index (Phi) is 6.41. The van der Waals surface area contributed by atoms with E-state index in [0.717, 1.165) is 10.0 Å². The maximum absolute atomic E-state index is 13.0. The molecule has 2 heterocycles. The Labute approximate surface area is 176 Å². The third kappa shape index (κ3) is 3.86. The van der Waals surface area contributed by atoms with E-state index >= 15 is 0 Å². The lowest BCUT2D eigenvalue weighted by molar-refractivity contribution is 0.0117. The molecule has 1 aromatic heterocycles. The first-order valence-electron chi connectivity index (χ1n) is 7.96. The zero-order valence-corrected chi connectivity index (χ0v) is 18.5. The number of carbonyl (C=O) groups excluding carboxylic acids is 1. The van der Waals surface area contributed by atoms with Crippen LogP contribution < -0.4 is 0 Å². The van der Waals surface area contributed by atoms with Crippen LogP contribution in [0.25, 0.3) is 0 Å². The second kappa shape index (κ2) is 8.24. The average molecular weight is 553 g/mol. The molecule has 8 heteroatoms. The topological polar surface area (TPSA) is 79.9 Å². The maximum Gasteiger partial charge on any atom is 0.181 e. The van der Waals surface area contributed by atoms with E-state index in [0.29, 0.717) is 17.1 Å². The van der Waals surface area contributed by atoms with Gasteiger partial charge in [-0.05, 0) is 24.6 Å². The zero-order chi connectivity index (χ0) is 19.0. The number of furan rings is 1. The summed E-state index contributed by atoms with van der Waals surface area (Å²) >= 11 is 10.6. The van der Waals surface area contributed by atoms with Crippen LogP contribution in [-0.2, 0) is 4.74 Å². The van der Waals surface area contributed by atoms with Gasteiger partial charge in [0.1, 0.15) is 29.8 Å². The van der Waals surface area contributed by atoms with Crippen LogP contribution in [-0.4, -0.2) is 39.6 Å². The van der Waals surface area contributed by atoms with E-state index in [-0.39, 0.29) is 17.2 Å². The number of hydrogen-bond acceptors (Lipinski definition) is 5. The zero-order valence-electron chi connectivity index (χ0n) is 13.7. The number of aliphatic hydroxyl groups excluding tert-OH is 2. The summed E-state index contributed by atoms with van der Waals surface area (Å²) < 4.78 is 11.9. The summed E-state index contributed by atoms with van der Waals surface area (Å²) in [7, 11) is 0. The van der Waals surface area contributed by atoms with E-state index < -0.39 is 23.1 Å². The van der Waals surface area contributed by atoms with Crippen LogP contribution >= 0.6 is 47.8 Å². The smallest absolute Gasteiger partial charge is 0.181 e. The van der Waals surface area contributed by atoms with Gasteiger partial charge in [0.05, 0.1) is 21.8 Å². The average Bonchev–Trinajstić information content (AvgIpc) is 3.16. The van der Waals surface area contributed by atoms with Crippen LogP contribution in [0.3, 0.4) is 0 Å². The van der Waals surface area contributed by atoms with Gasteiger partial charge in [-0.25, -0.2) is 0 Å². The molecule has 0 amide bonds. The number of halogens is 3. The Morgan fingerprint density at radius 1 is 1.27 bits per heavy atom. The van der Waals surface area contributed by atoms with Crippen molar-refractivity contribution in [3.63, 3.8) is 0 Å². The van der Waals surface area contributed by atoms with Crippen LogP contribution in [0.1, 0.15) is 38.4 Å². The van der Waals surface area contributed by atoms with Gasteiger partial charge in [-0.15, -0.1) is 0 Å². The lowest BCUT2D eigenvalue weighted by Gasteiger charge is -2.17. The highest BCUT2D eigenvalue weighted by Gasteiger charge is 2.39. The van der Waals surface area contributed by atoms with Crippen molar-refractivity contribution in [2.45, 2.75) is 34.9 Å². The Balaban J connectivity index is 1.83. The van der Waals surface area contributed by atoms with Crippen molar-refractivity contribution in [3.05, 3.63) is 57.5 Å². The molecule has 5 nitrogen and oxygen atoms in total. The minimum absolute atomic E-state index is 0.0292. The van der Waals surface area contributed by atoms with E-state index in [4.69, 9.17) is 9.15 Å². The lowest BCUT2D eigenvalue weighted by Crippen LogP contribution is -2.24. The van der Waals surface area contributed by atoms with Gasteiger partial charge in [0.15, 0.2) is 5.78 Å². The molecule has 3 rings (SSSR count). The molecule has 2 N–H and O–H groups in total. The number of aliphatic hydroxyl groups is 2. The standard InChI is InChI=1S/C18H17Br3O5/c1-8-10(6-13(26-8)18-17(24)12(22)7-25-18)16(23)15(21)14(20)9-4-2-3-5-11(9)19/h2-6,12,14-15,17-18,22,24H,7H2,1H3/t12-,14?,15?,17-,18+/m1/s1. The number of Topliss-reactive ketones (excluding diaryl/α,β-unsaturated/α-hetero) is 1. The molecule has 1 fully saturated rings. The first kappa shape index (κ1) is 20.2. The van der Waals surface area contributed by atoms with Gasteiger partial charge in [0, 0.05) is 4.47 Å². The Hall–Kier alpha value is -0.510.